The first-order valence-corrected chi connectivity index (χ1v) is 8.18. The zero-order valence-electron chi connectivity index (χ0n) is 14.1. The molecule has 0 fully saturated rings. The van der Waals surface area contributed by atoms with Gasteiger partial charge in [-0.25, -0.2) is 4.68 Å². The first-order chi connectivity index (χ1) is 12.1. The molecule has 0 saturated carbocycles. The van der Waals surface area contributed by atoms with E-state index in [1.165, 1.54) is 0 Å². The number of anilines is 1. The van der Waals surface area contributed by atoms with E-state index in [0.29, 0.717) is 18.1 Å². The summed E-state index contributed by atoms with van der Waals surface area (Å²) in [5.74, 6) is 0.530. The normalized spacial score (nSPS) is 16.2. The van der Waals surface area contributed by atoms with Gasteiger partial charge in [-0.15, -0.1) is 5.10 Å². The van der Waals surface area contributed by atoms with Crippen molar-refractivity contribution in [2.45, 2.75) is 19.9 Å². The Morgan fingerprint density at radius 1 is 1.20 bits per heavy atom. The molecule has 126 valence electrons. The minimum atomic E-state index is -0.179. The molecule has 0 saturated heterocycles. The molecule has 1 aliphatic heterocycles. The molecule has 1 unspecified atom stereocenters. The number of rotatable bonds is 2. The van der Waals surface area contributed by atoms with Crippen LogP contribution in [-0.4, -0.2) is 33.5 Å². The van der Waals surface area contributed by atoms with E-state index >= 15 is 0 Å². The molecule has 0 bridgehead atoms. The van der Waals surface area contributed by atoms with Crippen LogP contribution in [0.5, 0.6) is 5.75 Å². The van der Waals surface area contributed by atoms with Crippen LogP contribution in [0.3, 0.4) is 0 Å². The highest BCUT2D eigenvalue weighted by Crippen LogP contribution is 2.34. The summed E-state index contributed by atoms with van der Waals surface area (Å²) in [6, 6.07) is 15.4. The van der Waals surface area contributed by atoms with Gasteiger partial charge in [0.1, 0.15) is 12.4 Å². The van der Waals surface area contributed by atoms with Gasteiger partial charge < -0.3 is 4.74 Å². The second kappa shape index (κ2) is 6.05. The molecule has 0 radical (unpaired) electrons. The summed E-state index contributed by atoms with van der Waals surface area (Å²) in [4.78, 5) is 14.8. The number of aryl methyl sites for hydroxylation is 1. The van der Waals surface area contributed by atoms with Gasteiger partial charge in [0.2, 0.25) is 0 Å². The van der Waals surface area contributed by atoms with Gasteiger partial charge in [0.25, 0.3) is 5.91 Å². The average molecular weight is 334 g/mol. The van der Waals surface area contributed by atoms with Crippen molar-refractivity contribution in [1.82, 2.24) is 15.0 Å². The molecule has 4 rings (SSSR count). The Morgan fingerprint density at radius 2 is 2.04 bits per heavy atom. The third kappa shape index (κ3) is 2.76. The summed E-state index contributed by atoms with van der Waals surface area (Å²) in [6.45, 7) is 4.42. The lowest BCUT2D eigenvalue weighted by Crippen LogP contribution is -2.45. The molecule has 6 heteroatoms. The van der Waals surface area contributed by atoms with Crippen molar-refractivity contribution in [3.63, 3.8) is 0 Å². The van der Waals surface area contributed by atoms with E-state index < -0.39 is 0 Å². The number of hydrogen-bond donors (Lipinski definition) is 0. The van der Waals surface area contributed by atoms with Crippen molar-refractivity contribution < 1.29 is 9.53 Å². The second-order valence-corrected chi connectivity index (χ2v) is 6.19. The lowest BCUT2D eigenvalue weighted by Gasteiger charge is -2.34. The molecule has 0 spiro atoms. The van der Waals surface area contributed by atoms with Gasteiger partial charge in [0, 0.05) is 0 Å². The summed E-state index contributed by atoms with van der Waals surface area (Å²) in [5, 5.41) is 8.20. The van der Waals surface area contributed by atoms with Gasteiger partial charge in [-0.05, 0) is 43.7 Å². The molecule has 1 amide bonds. The Bertz CT molecular complexity index is 934. The molecule has 25 heavy (non-hydrogen) atoms. The zero-order chi connectivity index (χ0) is 17.4. The Hall–Kier alpha value is -3.15. The number of ether oxygens (including phenoxy) is 1. The van der Waals surface area contributed by atoms with Gasteiger partial charge in [-0.3, -0.25) is 9.69 Å². The van der Waals surface area contributed by atoms with Crippen molar-refractivity contribution in [2.24, 2.45) is 0 Å². The lowest BCUT2D eigenvalue weighted by molar-refractivity contribution is 0.0956. The number of amides is 1. The topological polar surface area (TPSA) is 60.2 Å². The molecule has 1 aromatic heterocycles. The Morgan fingerprint density at radius 3 is 2.88 bits per heavy atom. The maximum atomic E-state index is 13.0. The number of fused-ring (bicyclic) bond motifs is 1. The van der Waals surface area contributed by atoms with Crippen LogP contribution in [0.25, 0.3) is 5.69 Å². The van der Waals surface area contributed by atoms with E-state index in [2.05, 4.69) is 10.3 Å². The van der Waals surface area contributed by atoms with Gasteiger partial charge in [-0.2, -0.15) is 0 Å². The minimum Gasteiger partial charge on any atom is -0.489 e. The smallest absolute Gasteiger partial charge is 0.280 e. The fraction of sp³-hybridized carbons (Fsp3) is 0.211. The van der Waals surface area contributed by atoms with Gasteiger partial charge >= 0.3 is 0 Å². The van der Waals surface area contributed by atoms with E-state index in [4.69, 9.17) is 4.74 Å². The van der Waals surface area contributed by atoms with Crippen LogP contribution in [0, 0.1) is 6.92 Å². The van der Waals surface area contributed by atoms with E-state index in [9.17, 15) is 4.79 Å². The largest absolute Gasteiger partial charge is 0.489 e. The van der Waals surface area contributed by atoms with Crippen LogP contribution in [0.15, 0.2) is 54.7 Å². The second-order valence-electron chi connectivity index (χ2n) is 6.19. The Balaban J connectivity index is 1.68. The number of para-hydroxylation sites is 2. The van der Waals surface area contributed by atoms with Crippen LogP contribution >= 0.6 is 0 Å². The van der Waals surface area contributed by atoms with Crippen LogP contribution in [0.1, 0.15) is 23.0 Å². The van der Waals surface area contributed by atoms with Crippen molar-refractivity contribution in [2.75, 3.05) is 11.5 Å². The first-order valence-electron chi connectivity index (χ1n) is 8.18. The van der Waals surface area contributed by atoms with Crippen LogP contribution < -0.4 is 9.64 Å². The highest BCUT2D eigenvalue weighted by Gasteiger charge is 2.31. The summed E-state index contributed by atoms with van der Waals surface area (Å²) < 4.78 is 7.33. The van der Waals surface area contributed by atoms with Crippen molar-refractivity contribution >= 4 is 11.6 Å². The maximum Gasteiger partial charge on any atom is 0.280 e. The molecule has 2 aromatic carbocycles. The number of benzene rings is 2. The van der Waals surface area contributed by atoms with E-state index in [-0.39, 0.29) is 11.9 Å². The molecular weight excluding hydrogens is 316 g/mol. The monoisotopic (exact) mass is 334 g/mol. The number of nitrogens with zero attached hydrogens (tertiary/aromatic N) is 4. The van der Waals surface area contributed by atoms with E-state index in [0.717, 1.165) is 16.9 Å². The Labute approximate surface area is 145 Å². The van der Waals surface area contributed by atoms with Crippen molar-refractivity contribution in [1.29, 1.82) is 0 Å². The molecule has 1 aliphatic rings. The fourth-order valence-corrected chi connectivity index (χ4v) is 2.99. The number of hydrogen-bond acceptors (Lipinski definition) is 4. The fourth-order valence-electron chi connectivity index (χ4n) is 2.99. The quantitative estimate of drug-likeness (QED) is 0.723. The lowest BCUT2D eigenvalue weighted by atomic mass is 10.1. The summed E-state index contributed by atoms with van der Waals surface area (Å²) in [7, 11) is 0. The minimum absolute atomic E-state index is 0.0773. The Kier molecular flexibility index (Phi) is 3.72. The molecule has 2 heterocycles. The highest BCUT2D eigenvalue weighted by atomic mass is 16.5. The van der Waals surface area contributed by atoms with Crippen LogP contribution in [0.2, 0.25) is 0 Å². The predicted octanol–water partition coefficient (Wildman–Crippen LogP) is 3.00. The average Bonchev–Trinajstić information content (AvgIpc) is 3.11. The van der Waals surface area contributed by atoms with Gasteiger partial charge in [0.05, 0.1) is 23.6 Å². The van der Waals surface area contributed by atoms with E-state index in [1.807, 2.05) is 62.4 Å². The molecule has 6 nitrogen and oxygen atoms in total. The number of aromatic nitrogens is 3. The molecular formula is C19H18N4O2. The standard InChI is InChI=1S/C19H18N4O2/c1-13-6-5-7-15(10-13)22-11-16(20-21-22)19(24)23-14(2)12-25-18-9-4-3-8-17(18)23/h3-11,14H,12H2,1-2H3. The van der Waals surface area contributed by atoms with Gasteiger partial charge in [0.15, 0.2) is 5.69 Å². The first kappa shape index (κ1) is 15.4. The molecule has 1 atom stereocenters. The van der Waals surface area contributed by atoms with Crippen LogP contribution in [0.4, 0.5) is 5.69 Å². The number of carbonyl (C=O) groups excluding carboxylic acids is 1. The van der Waals surface area contributed by atoms with E-state index in [1.54, 1.807) is 15.8 Å². The molecule has 0 aliphatic carbocycles. The third-order valence-electron chi connectivity index (χ3n) is 4.24. The summed E-state index contributed by atoms with van der Waals surface area (Å²) in [6.07, 6.45) is 1.67. The summed E-state index contributed by atoms with van der Waals surface area (Å²) in [5.41, 5.74) is 3.07. The molecule has 3 aromatic rings. The predicted molar refractivity (Wildman–Crippen MR) is 94.3 cm³/mol. The van der Waals surface area contributed by atoms with Crippen LogP contribution in [-0.2, 0) is 0 Å². The third-order valence-corrected chi connectivity index (χ3v) is 4.24. The zero-order valence-corrected chi connectivity index (χ0v) is 14.1. The summed E-state index contributed by atoms with van der Waals surface area (Å²) >= 11 is 0. The van der Waals surface area contributed by atoms with Gasteiger partial charge in [-0.1, -0.05) is 29.5 Å². The SMILES string of the molecule is Cc1cccc(-n2cc(C(=O)N3c4ccccc4OCC3C)nn2)c1. The number of carbonyl (C=O) groups is 1. The maximum absolute atomic E-state index is 13.0. The van der Waals surface area contributed by atoms with Crippen molar-refractivity contribution in [3.8, 4) is 11.4 Å². The molecule has 0 N–H and O–H groups in total. The highest BCUT2D eigenvalue weighted by molar-refractivity contribution is 6.06. The van der Waals surface area contributed by atoms with Crippen molar-refractivity contribution in [3.05, 3.63) is 66.0 Å².